The summed E-state index contributed by atoms with van der Waals surface area (Å²) in [6, 6.07) is 25.4. The average molecular weight is 599 g/mol. The number of esters is 2. The number of unbranched alkanes of at least 4 members (excludes halogenated alkanes) is 2. The van der Waals surface area contributed by atoms with Crippen LogP contribution in [-0.4, -0.2) is 38.4 Å². The van der Waals surface area contributed by atoms with Crippen molar-refractivity contribution < 1.29 is 28.5 Å². The Morgan fingerprint density at radius 3 is 1.30 bits per heavy atom. The second kappa shape index (κ2) is 16.5. The SMILES string of the molecule is C=CC(=O)OCCCCOc1ccc(C(C)(C)c2cccc(C(C)(C)c3ccc(OCCCCOC(=O)C=C)cc3)c2)cc1. The van der Waals surface area contributed by atoms with E-state index in [2.05, 4.69) is 89.4 Å². The van der Waals surface area contributed by atoms with E-state index in [-0.39, 0.29) is 10.8 Å². The van der Waals surface area contributed by atoms with E-state index in [1.54, 1.807) is 0 Å². The Morgan fingerprint density at radius 1 is 0.568 bits per heavy atom. The van der Waals surface area contributed by atoms with E-state index < -0.39 is 11.9 Å². The molecule has 0 unspecified atom stereocenters. The molecule has 0 atom stereocenters. The highest BCUT2D eigenvalue weighted by molar-refractivity contribution is 5.81. The van der Waals surface area contributed by atoms with Gasteiger partial charge in [0.1, 0.15) is 11.5 Å². The van der Waals surface area contributed by atoms with Crippen LogP contribution in [0, 0.1) is 0 Å². The van der Waals surface area contributed by atoms with Gasteiger partial charge in [0, 0.05) is 23.0 Å². The second-order valence-corrected chi connectivity index (χ2v) is 11.7. The fourth-order valence-corrected chi connectivity index (χ4v) is 4.82. The molecule has 234 valence electrons. The molecule has 6 heteroatoms. The topological polar surface area (TPSA) is 71.1 Å². The third-order valence-corrected chi connectivity index (χ3v) is 7.89. The first-order chi connectivity index (χ1) is 21.1. The molecule has 0 aliphatic rings. The van der Waals surface area contributed by atoms with Crippen LogP contribution in [0.25, 0.3) is 0 Å². The number of hydrogen-bond acceptors (Lipinski definition) is 6. The maximum absolute atomic E-state index is 11.1. The van der Waals surface area contributed by atoms with Gasteiger partial charge in [0.2, 0.25) is 0 Å². The van der Waals surface area contributed by atoms with Gasteiger partial charge in [-0.25, -0.2) is 9.59 Å². The Labute approximate surface area is 262 Å². The van der Waals surface area contributed by atoms with E-state index in [9.17, 15) is 9.59 Å². The van der Waals surface area contributed by atoms with Crippen LogP contribution in [0.15, 0.2) is 98.1 Å². The molecule has 0 N–H and O–H groups in total. The predicted octanol–water partition coefficient (Wildman–Crippen LogP) is 8.11. The maximum atomic E-state index is 11.1. The number of benzene rings is 3. The molecule has 0 spiro atoms. The Bertz CT molecular complexity index is 1270. The first-order valence-corrected chi connectivity index (χ1v) is 15.2. The van der Waals surface area contributed by atoms with Gasteiger partial charge in [-0.1, -0.05) is 89.4 Å². The third-order valence-electron chi connectivity index (χ3n) is 7.89. The molecule has 0 saturated heterocycles. The second-order valence-electron chi connectivity index (χ2n) is 11.7. The van der Waals surface area contributed by atoms with Crippen LogP contribution >= 0.6 is 0 Å². The highest BCUT2D eigenvalue weighted by atomic mass is 16.5. The van der Waals surface area contributed by atoms with Crippen molar-refractivity contribution in [1.29, 1.82) is 0 Å². The van der Waals surface area contributed by atoms with Crippen LogP contribution in [0.4, 0.5) is 0 Å². The third kappa shape index (κ3) is 9.87. The van der Waals surface area contributed by atoms with Crippen molar-refractivity contribution in [2.75, 3.05) is 26.4 Å². The lowest BCUT2D eigenvalue weighted by Gasteiger charge is -2.31. The normalized spacial score (nSPS) is 11.4. The highest BCUT2D eigenvalue weighted by Gasteiger charge is 2.28. The fourth-order valence-electron chi connectivity index (χ4n) is 4.82. The van der Waals surface area contributed by atoms with Gasteiger partial charge in [-0.3, -0.25) is 0 Å². The van der Waals surface area contributed by atoms with Crippen molar-refractivity contribution in [3.8, 4) is 11.5 Å². The Hall–Kier alpha value is -4.32. The van der Waals surface area contributed by atoms with Crippen LogP contribution in [0.2, 0.25) is 0 Å². The Balaban J connectivity index is 1.57. The van der Waals surface area contributed by atoms with Crippen LogP contribution in [0.1, 0.15) is 75.6 Å². The van der Waals surface area contributed by atoms with E-state index in [1.165, 1.54) is 34.4 Å². The molecule has 3 aromatic carbocycles. The average Bonchev–Trinajstić information content (AvgIpc) is 3.04. The number of ether oxygens (including phenoxy) is 4. The number of carbonyl (C=O) groups is 2. The lowest BCUT2D eigenvalue weighted by atomic mass is 9.73. The van der Waals surface area contributed by atoms with Crippen molar-refractivity contribution in [2.24, 2.45) is 0 Å². The Kier molecular flexibility index (Phi) is 12.8. The van der Waals surface area contributed by atoms with Crippen molar-refractivity contribution in [2.45, 2.75) is 64.2 Å². The van der Waals surface area contributed by atoms with Gasteiger partial charge in [0.25, 0.3) is 0 Å². The zero-order valence-corrected chi connectivity index (χ0v) is 26.6. The van der Waals surface area contributed by atoms with Crippen LogP contribution < -0.4 is 9.47 Å². The van der Waals surface area contributed by atoms with Gasteiger partial charge in [0.05, 0.1) is 26.4 Å². The lowest BCUT2D eigenvalue weighted by Crippen LogP contribution is -2.23. The van der Waals surface area contributed by atoms with Gasteiger partial charge in [-0.05, 0) is 72.2 Å². The highest BCUT2D eigenvalue weighted by Crippen LogP contribution is 2.37. The van der Waals surface area contributed by atoms with Crippen molar-refractivity contribution >= 4 is 11.9 Å². The first kappa shape index (κ1) is 34.2. The van der Waals surface area contributed by atoms with Gasteiger partial charge >= 0.3 is 11.9 Å². The minimum absolute atomic E-state index is 0.207. The van der Waals surface area contributed by atoms with E-state index in [4.69, 9.17) is 18.9 Å². The fraction of sp³-hybridized carbons (Fsp3) is 0.368. The van der Waals surface area contributed by atoms with Crippen LogP contribution in [0.5, 0.6) is 11.5 Å². The summed E-state index contributed by atoms with van der Waals surface area (Å²) in [7, 11) is 0. The van der Waals surface area contributed by atoms with E-state index in [1.807, 2.05) is 24.3 Å². The molecular formula is C38H46O6. The van der Waals surface area contributed by atoms with E-state index in [0.717, 1.165) is 37.2 Å². The first-order valence-electron chi connectivity index (χ1n) is 15.2. The monoisotopic (exact) mass is 598 g/mol. The molecule has 0 aromatic heterocycles. The van der Waals surface area contributed by atoms with Gasteiger partial charge in [-0.15, -0.1) is 0 Å². The summed E-state index contributed by atoms with van der Waals surface area (Å²) in [5.74, 6) is 0.857. The molecule has 0 amide bonds. The molecule has 3 rings (SSSR count). The van der Waals surface area contributed by atoms with Crippen molar-refractivity contribution in [3.05, 3.63) is 120 Å². The van der Waals surface area contributed by atoms with Crippen LogP contribution in [-0.2, 0) is 29.9 Å². The molecular weight excluding hydrogens is 552 g/mol. The summed E-state index contributed by atoms with van der Waals surface area (Å²) in [4.78, 5) is 22.2. The lowest BCUT2D eigenvalue weighted by molar-refractivity contribution is -0.138. The largest absolute Gasteiger partial charge is 0.494 e. The molecule has 0 radical (unpaired) electrons. The zero-order chi connectivity index (χ0) is 32.0. The maximum Gasteiger partial charge on any atom is 0.330 e. The smallest absolute Gasteiger partial charge is 0.330 e. The quantitative estimate of drug-likeness (QED) is 0.0837. The minimum atomic E-state index is -0.395. The van der Waals surface area contributed by atoms with Crippen molar-refractivity contribution in [3.63, 3.8) is 0 Å². The van der Waals surface area contributed by atoms with Gasteiger partial charge in [-0.2, -0.15) is 0 Å². The van der Waals surface area contributed by atoms with Crippen molar-refractivity contribution in [1.82, 2.24) is 0 Å². The molecule has 0 aliphatic carbocycles. The molecule has 3 aromatic rings. The minimum Gasteiger partial charge on any atom is -0.494 e. The molecule has 0 fully saturated rings. The summed E-state index contributed by atoms with van der Waals surface area (Å²) >= 11 is 0. The summed E-state index contributed by atoms with van der Waals surface area (Å²) in [6.07, 6.45) is 5.43. The molecule has 0 saturated carbocycles. The number of rotatable bonds is 18. The molecule has 6 nitrogen and oxygen atoms in total. The summed E-state index contributed by atoms with van der Waals surface area (Å²) in [5.41, 5.74) is 4.48. The summed E-state index contributed by atoms with van der Waals surface area (Å²) in [5, 5.41) is 0. The molecule has 0 aliphatic heterocycles. The summed E-state index contributed by atoms with van der Waals surface area (Å²) in [6.45, 7) is 17.6. The molecule has 44 heavy (non-hydrogen) atoms. The number of carbonyl (C=O) groups excluding carboxylic acids is 2. The summed E-state index contributed by atoms with van der Waals surface area (Å²) < 4.78 is 21.8. The van der Waals surface area contributed by atoms with Gasteiger partial charge < -0.3 is 18.9 Å². The zero-order valence-electron chi connectivity index (χ0n) is 26.6. The number of hydrogen-bond donors (Lipinski definition) is 0. The van der Waals surface area contributed by atoms with E-state index >= 15 is 0 Å². The predicted molar refractivity (Wildman–Crippen MR) is 175 cm³/mol. The molecule has 0 heterocycles. The standard InChI is InChI=1S/C38H46O6/c1-7-35(39)43-26-11-9-24-41-33-20-16-29(17-21-33)37(3,4)31-14-13-15-32(28-31)38(5,6)30-18-22-34(23-19-30)42-25-10-12-27-44-36(40)8-2/h7-8,13-23,28H,1-2,9-12,24-27H2,3-6H3. The van der Waals surface area contributed by atoms with Crippen LogP contribution in [0.3, 0.4) is 0 Å². The van der Waals surface area contributed by atoms with E-state index in [0.29, 0.717) is 26.4 Å². The Morgan fingerprint density at radius 2 is 0.932 bits per heavy atom. The van der Waals surface area contributed by atoms with Gasteiger partial charge in [0.15, 0.2) is 0 Å². The molecule has 0 bridgehead atoms.